The fourth-order valence-corrected chi connectivity index (χ4v) is 4.83. The number of aryl methyl sites for hydroxylation is 1. The van der Waals surface area contributed by atoms with Gasteiger partial charge in [0.05, 0.1) is 23.3 Å². The van der Waals surface area contributed by atoms with E-state index in [1.165, 1.54) is 12.8 Å². The highest BCUT2D eigenvalue weighted by molar-refractivity contribution is 5.83. The number of hydrogen-bond acceptors (Lipinski definition) is 5. The standard InChI is InChI=1S/C26H30N6O/c1-5-30-13-12-22(29-30)16-31-24-10-8-20(19(4)33)14-23(24)28-26(31)21-9-11-25(27-15-21)32-17(2)6-7-18(32)3/h8-15,17-18,33H,4-7,16H2,1-3H3. The van der Waals surface area contributed by atoms with Gasteiger partial charge in [0.2, 0.25) is 0 Å². The third-order valence-electron chi connectivity index (χ3n) is 6.64. The van der Waals surface area contributed by atoms with Crippen molar-refractivity contribution in [1.82, 2.24) is 24.3 Å². The van der Waals surface area contributed by atoms with Crippen molar-refractivity contribution in [2.24, 2.45) is 0 Å². The summed E-state index contributed by atoms with van der Waals surface area (Å²) in [4.78, 5) is 12.2. The topological polar surface area (TPSA) is 72.0 Å². The molecule has 5 rings (SSSR count). The first kappa shape index (κ1) is 21.2. The molecule has 3 aromatic heterocycles. The molecule has 4 heterocycles. The van der Waals surface area contributed by atoms with Crippen molar-refractivity contribution in [2.45, 2.75) is 58.8 Å². The predicted octanol–water partition coefficient (Wildman–Crippen LogP) is 5.27. The summed E-state index contributed by atoms with van der Waals surface area (Å²) in [6.45, 7) is 11.7. The summed E-state index contributed by atoms with van der Waals surface area (Å²) in [6.07, 6.45) is 6.31. The molecule has 0 spiro atoms. The minimum Gasteiger partial charge on any atom is -0.508 e. The van der Waals surface area contributed by atoms with E-state index in [4.69, 9.17) is 9.97 Å². The van der Waals surface area contributed by atoms with Gasteiger partial charge in [-0.25, -0.2) is 9.97 Å². The van der Waals surface area contributed by atoms with E-state index >= 15 is 0 Å². The molecule has 1 aliphatic rings. The summed E-state index contributed by atoms with van der Waals surface area (Å²) in [5, 5.41) is 14.5. The van der Waals surface area contributed by atoms with Crippen LogP contribution < -0.4 is 4.90 Å². The van der Waals surface area contributed by atoms with E-state index in [2.05, 4.69) is 54.0 Å². The minimum absolute atomic E-state index is 0.0366. The summed E-state index contributed by atoms with van der Waals surface area (Å²) < 4.78 is 4.09. The van der Waals surface area contributed by atoms with Crippen LogP contribution in [0.25, 0.3) is 28.2 Å². The van der Waals surface area contributed by atoms with Gasteiger partial charge in [0.1, 0.15) is 17.4 Å². The molecule has 170 valence electrons. The number of fused-ring (bicyclic) bond motifs is 1. The lowest BCUT2D eigenvalue weighted by atomic mass is 10.2. The number of aliphatic hydroxyl groups is 1. The molecule has 0 amide bonds. The first-order valence-electron chi connectivity index (χ1n) is 11.6. The lowest BCUT2D eigenvalue weighted by Crippen LogP contribution is -2.33. The molecular formula is C26H30N6O. The average Bonchev–Trinajstić information content (AvgIpc) is 3.51. The number of aliphatic hydroxyl groups excluding tert-OH is 1. The van der Waals surface area contributed by atoms with E-state index < -0.39 is 0 Å². The van der Waals surface area contributed by atoms with E-state index in [0.29, 0.717) is 24.2 Å². The maximum Gasteiger partial charge on any atom is 0.143 e. The van der Waals surface area contributed by atoms with Crippen LogP contribution in [-0.4, -0.2) is 41.5 Å². The monoisotopic (exact) mass is 442 g/mol. The van der Waals surface area contributed by atoms with Crippen LogP contribution >= 0.6 is 0 Å². The van der Waals surface area contributed by atoms with Crippen LogP contribution in [0.1, 0.15) is 44.9 Å². The van der Waals surface area contributed by atoms with Crippen LogP contribution in [0.15, 0.2) is 55.4 Å². The fraction of sp³-hybridized carbons (Fsp3) is 0.346. The Hall–Kier alpha value is -3.61. The molecule has 1 fully saturated rings. The zero-order valence-electron chi connectivity index (χ0n) is 19.4. The fourth-order valence-electron chi connectivity index (χ4n) is 4.83. The third-order valence-corrected chi connectivity index (χ3v) is 6.64. The highest BCUT2D eigenvalue weighted by atomic mass is 16.3. The highest BCUT2D eigenvalue weighted by Gasteiger charge is 2.28. The second-order valence-corrected chi connectivity index (χ2v) is 8.92. The molecule has 4 aromatic rings. The Bertz CT molecular complexity index is 1290. The van der Waals surface area contributed by atoms with E-state index in [1.54, 1.807) is 0 Å². The van der Waals surface area contributed by atoms with Gasteiger partial charge in [-0.2, -0.15) is 5.10 Å². The first-order chi connectivity index (χ1) is 15.9. The van der Waals surface area contributed by atoms with Crippen molar-refractivity contribution in [3.63, 3.8) is 0 Å². The highest BCUT2D eigenvalue weighted by Crippen LogP contribution is 2.31. The SMILES string of the molecule is C=C(O)c1ccc2c(c1)nc(-c1ccc(N3C(C)CCC3C)nc1)n2Cc1ccn(CC)n1. The number of aromatic nitrogens is 5. The Balaban J connectivity index is 1.57. The van der Waals surface area contributed by atoms with E-state index in [-0.39, 0.29) is 5.76 Å². The molecular weight excluding hydrogens is 412 g/mol. The molecule has 0 aliphatic carbocycles. The molecule has 1 aliphatic heterocycles. The molecule has 1 N–H and O–H groups in total. The number of pyridine rings is 1. The van der Waals surface area contributed by atoms with Crippen molar-refractivity contribution in [2.75, 3.05) is 4.90 Å². The van der Waals surface area contributed by atoms with Gasteiger partial charge in [-0.05, 0) is 70.0 Å². The van der Waals surface area contributed by atoms with Crippen LogP contribution in [0.2, 0.25) is 0 Å². The van der Waals surface area contributed by atoms with Gasteiger partial charge in [-0.15, -0.1) is 0 Å². The first-order valence-corrected chi connectivity index (χ1v) is 11.6. The lowest BCUT2D eigenvalue weighted by molar-refractivity contribution is 0.514. The molecule has 7 nitrogen and oxygen atoms in total. The Morgan fingerprint density at radius 3 is 2.55 bits per heavy atom. The van der Waals surface area contributed by atoms with E-state index in [9.17, 15) is 5.11 Å². The summed E-state index contributed by atoms with van der Waals surface area (Å²) in [7, 11) is 0. The predicted molar refractivity (Wildman–Crippen MR) is 132 cm³/mol. The summed E-state index contributed by atoms with van der Waals surface area (Å²) >= 11 is 0. The molecule has 0 bridgehead atoms. The van der Waals surface area contributed by atoms with Crippen LogP contribution in [0.4, 0.5) is 5.82 Å². The second-order valence-electron chi connectivity index (χ2n) is 8.92. The van der Waals surface area contributed by atoms with Crippen LogP contribution in [0, 0.1) is 0 Å². The molecule has 7 heteroatoms. The van der Waals surface area contributed by atoms with Crippen molar-refractivity contribution in [3.05, 3.63) is 66.6 Å². The number of nitrogens with zero attached hydrogens (tertiary/aromatic N) is 6. The molecule has 33 heavy (non-hydrogen) atoms. The third kappa shape index (κ3) is 3.88. The zero-order chi connectivity index (χ0) is 23.1. The van der Waals surface area contributed by atoms with Crippen molar-refractivity contribution < 1.29 is 5.11 Å². The van der Waals surface area contributed by atoms with Crippen LogP contribution in [0.3, 0.4) is 0 Å². The van der Waals surface area contributed by atoms with Gasteiger partial charge in [0.15, 0.2) is 0 Å². The van der Waals surface area contributed by atoms with Gasteiger partial charge in [0.25, 0.3) is 0 Å². The normalized spacial score (nSPS) is 18.3. The van der Waals surface area contributed by atoms with E-state index in [1.807, 2.05) is 41.3 Å². The van der Waals surface area contributed by atoms with Gasteiger partial charge in [-0.1, -0.05) is 6.58 Å². The summed E-state index contributed by atoms with van der Waals surface area (Å²) in [5.41, 5.74) is 4.37. The van der Waals surface area contributed by atoms with Crippen molar-refractivity contribution in [1.29, 1.82) is 0 Å². The maximum absolute atomic E-state index is 9.86. The molecule has 1 saturated heterocycles. The van der Waals surface area contributed by atoms with Crippen LogP contribution in [0.5, 0.6) is 0 Å². The molecule has 0 saturated carbocycles. The van der Waals surface area contributed by atoms with Gasteiger partial charge >= 0.3 is 0 Å². The summed E-state index contributed by atoms with van der Waals surface area (Å²) in [5.74, 6) is 1.88. The minimum atomic E-state index is 0.0366. The van der Waals surface area contributed by atoms with E-state index in [0.717, 1.165) is 40.5 Å². The second kappa shape index (κ2) is 8.39. The summed E-state index contributed by atoms with van der Waals surface area (Å²) in [6, 6.07) is 13.0. The molecule has 2 unspecified atom stereocenters. The van der Waals surface area contributed by atoms with Gasteiger partial charge < -0.3 is 14.6 Å². The number of imidazole rings is 1. The molecule has 0 radical (unpaired) electrons. The van der Waals surface area contributed by atoms with Crippen molar-refractivity contribution in [3.8, 4) is 11.4 Å². The molecule has 2 atom stereocenters. The Kier molecular flexibility index (Phi) is 5.40. The zero-order valence-corrected chi connectivity index (χ0v) is 19.4. The smallest absolute Gasteiger partial charge is 0.143 e. The Labute approximate surface area is 194 Å². The van der Waals surface area contributed by atoms with Crippen LogP contribution in [-0.2, 0) is 13.1 Å². The number of anilines is 1. The van der Waals surface area contributed by atoms with Gasteiger partial charge in [0, 0.05) is 42.1 Å². The Morgan fingerprint density at radius 1 is 1.12 bits per heavy atom. The van der Waals surface area contributed by atoms with Gasteiger partial charge in [-0.3, -0.25) is 4.68 Å². The van der Waals surface area contributed by atoms with Crippen molar-refractivity contribution >= 4 is 22.6 Å². The number of hydrogen-bond donors (Lipinski definition) is 1. The maximum atomic E-state index is 9.86. The number of rotatable bonds is 6. The molecule has 1 aromatic carbocycles. The lowest BCUT2D eigenvalue weighted by Gasteiger charge is -2.27. The largest absolute Gasteiger partial charge is 0.508 e. The quantitative estimate of drug-likeness (QED) is 0.412. The Morgan fingerprint density at radius 2 is 1.91 bits per heavy atom. The number of benzene rings is 1. The average molecular weight is 443 g/mol.